The first-order chi connectivity index (χ1) is 9.39. The minimum absolute atomic E-state index is 0.123. The molecule has 20 heavy (non-hydrogen) atoms. The highest BCUT2D eigenvalue weighted by Gasteiger charge is 2.20. The van der Waals surface area contributed by atoms with Crippen LogP contribution < -0.4 is 4.74 Å². The number of hydrogen-bond donors (Lipinski definition) is 0. The average Bonchev–Trinajstić information content (AvgIpc) is 2.37. The van der Waals surface area contributed by atoms with E-state index in [9.17, 15) is 14.7 Å². The highest BCUT2D eigenvalue weighted by atomic mass is 31.2. The molecule has 0 spiro atoms. The van der Waals surface area contributed by atoms with Gasteiger partial charge in [-0.15, -0.1) is 0 Å². The third-order valence-electron chi connectivity index (χ3n) is 2.56. The molecule has 0 radical (unpaired) electrons. The Kier molecular flexibility index (Phi) is 6.13. The smallest absolute Gasteiger partial charge is 0.310 e. The van der Waals surface area contributed by atoms with Crippen LogP contribution in [-0.2, 0) is 20.0 Å². The molecule has 0 N–H and O–H groups in total. The zero-order valence-electron chi connectivity index (χ0n) is 11.7. The van der Waals surface area contributed by atoms with Crippen molar-refractivity contribution in [2.24, 2.45) is 0 Å². The second-order valence-electron chi connectivity index (χ2n) is 4.26. The first kappa shape index (κ1) is 16.6. The topological polar surface area (TPSA) is 87.9 Å². The molecule has 0 aliphatic carbocycles. The SMILES string of the molecule is COCCOP(C)(=O)Cc1ccc([N+](=O)[O-])c(OC)c1. The summed E-state index contributed by atoms with van der Waals surface area (Å²) >= 11 is 0. The quantitative estimate of drug-likeness (QED) is 0.317. The Morgan fingerprint density at radius 1 is 1.30 bits per heavy atom. The fraction of sp³-hybridized carbons (Fsp3) is 0.500. The number of methoxy groups -OCH3 is 2. The van der Waals surface area contributed by atoms with Crippen molar-refractivity contribution in [3.8, 4) is 5.75 Å². The zero-order valence-corrected chi connectivity index (χ0v) is 12.6. The van der Waals surface area contributed by atoms with Gasteiger partial charge >= 0.3 is 5.69 Å². The van der Waals surface area contributed by atoms with Crippen LogP contribution in [0.3, 0.4) is 0 Å². The van der Waals surface area contributed by atoms with Crippen molar-refractivity contribution in [1.82, 2.24) is 0 Å². The summed E-state index contributed by atoms with van der Waals surface area (Å²) in [4.78, 5) is 10.3. The third kappa shape index (κ3) is 4.92. The van der Waals surface area contributed by atoms with Crippen molar-refractivity contribution < 1.29 is 23.5 Å². The first-order valence-electron chi connectivity index (χ1n) is 5.91. The van der Waals surface area contributed by atoms with E-state index < -0.39 is 12.3 Å². The molecule has 0 bridgehead atoms. The molecule has 0 aromatic heterocycles. The first-order valence-corrected chi connectivity index (χ1v) is 8.16. The summed E-state index contributed by atoms with van der Waals surface area (Å²) in [7, 11) is 0.0681. The predicted molar refractivity (Wildman–Crippen MR) is 74.7 cm³/mol. The van der Waals surface area contributed by atoms with Gasteiger partial charge in [0.1, 0.15) is 0 Å². The summed E-state index contributed by atoms with van der Waals surface area (Å²) < 4.78 is 27.3. The zero-order chi connectivity index (χ0) is 15.2. The minimum atomic E-state index is -2.82. The van der Waals surface area contributed by atoms with Crippen molar-refractivity contribution in [1.29, 1.82) is 0 Å². The number of nitro groups is 1. The van der Waals surface area contributed by atoms with Gasteiger partial charge in [-0.2, -0.15) is 0 Å². The van der Waals surface area contributed by atoms with E-state index >= 15 is 0 Å². The number of hydrogen-bond acceptors (Lipinski definition) is 6. The maximum atomic E-state index is 12.2. The largest absolute Gasteiger partial charge is 0.490 e. The number of nitro benzene ring substituents is 1. The second kappa shape index (κ2) is 7.38. The van der Waals surface area contributed by atoms with Crippen LogP contribution in [0.5, 0.6) is 5.75 Å². The summed E-state index contributed by atoms with van der Waals surface area (Å²) in [6.07, 6.45) is 0.186. The van der Waals surface area contributed by atoms with Gasteiger partial charge in [0, 0.05) is 26.0 Å². The molecule has 0 aliphatic heterocycles. The molecule has 112 valence electrons. The van der Waals surface area contributed by atoms with E-state index in [1.165, 1.54) is 33.0 Å². The lowest BCUT2D eigenvalue weighted by Crippen LogP contribution is -2.02. The summed E-state index contributed by atoms with van der Waals surface area (Å²) in [6.45, 7) is 2.13. The maximum Gasteiger partial charge on any atom is 0.310 e. The van der Waals surface area contributed by atoms with Crippen LogP contribution in [0.2, 0.25) is 0 Å². The molecular formula is C12H18NO6P. The molecular weight excluding hydrogens is 285 g/mol. The molecule has 8 heteroatoms. The summed E-state index contributed by atoms with van der Waals surface area (Å²) in [5, 5.41) is 10.8. The summed E-state index contributed by atoms with van der Waals surface area (Å²) in [5.74, 6) is 0.143. The van der Waals surface area contributed by atoms with Gasteiger partial charge in [0.25, 0.3) is 0 Å². The predicted octanol–water partition coefficient (Wildman–Crippen LogP) is 2.67. The van der Waals surface area contributed by atoms with Gasteiger partial charge in [0.2, 0.25) is 7.37 Å². The molecule has 1 aromatic carbocycles. The number of benzene rings is 1. The van der Waals surface area contributed by atoms with Crippen LogP contribution in [0, 0.1) is 10.1 Å². The molecule has 0 heterocycles. The van der Waals surface area contributed by atoms with E-state index in [0.29, 0.717) is 12.2 Å². The Morgan fingerprint density at radius 3 is 2.55 bits per heavy atom. The highest BCUT2D eigenvalue weighted by molar-refractivity contribution is 7.57. The molecule has 0 saturated carbocycles. The van der Waals surface area contributed by atoms with Crippen molar-refractivity contribution in [2.75, 3.05) is 34.1 Å². The fourth-order valence-electron chi connectivity index (χ4n) is 1.66. The lowest BCUT2D eigenvalue weighted by Gasteiger charge is -2.14. The summed E-state index contributed by atoms with van der Waals surface area (Å²) in [5.41, 5.74) is 0.540. The van der Waals surface area contributed by atoms with E-state index in [2.05, 4.69) is 0 Å². The van der Waals surface area contributed by atoms with Crippen molar-refractivity contribution in [3.05, 3.63) is 33.9 Å². The number of ether oxygens (including phenoxy) is 2. The van der Waals surface area contributed by atoms with Gasteiger partial charge in [-0.1, -0.05) is 6.07 Å². The Balaban J connectivity index is 2.82. The molecule has 1 unspecified atom stereocenters. The van der Waals surface area contributed by atoms with Crippen LogP contribution in [0.1, 0.15) is 5.56 Å². The average molecular weight is 303 g/mol. The molecule has 0 amide bonds. The van der Waals surface area contributed by atoms with Crippen molar-refractivity contribution >= 4 is 13.1 Å². The van der Waals surface area contributed by atoms with Gasteiger partial charge in [0.05, 0.1) is 25.2 Å². The molecule has 0 saturated heterocycles. The van der Waals surface area contributed by atoms with Crippen LogP contribution >= 0.6 is 7.37 Å². The van der Waals surface area contributed by atoms with E-state index in [0.717, 1.165) is 0 Å². The molecule has 0 fully saturated rings. The van der Waals surface area contributed by atoms with E-state index in [1.807, 2.05) is 0 Å². The van der Waals surface area contributed by atoms with Crippen molar-refractivity contribution in [3.63, 3.8) is 0 Å². The van der Waals surface area contributed by atoms with Gasteiger partial charge in [0.15, 0.2) is 5.75 Å². The molecule has 1 aromatic rings. The Bertz CT molecular complexity index is 519. The second-order valence-corrected chi connectivity index (χ2v) is 6.86. The lowest BCUT2D eigenvalue weighted by atomic mass is 10.2. The molecule has 0 aliphatic rings. The van der Waals surface area contributed by atoms with Crippen LogP contribution in [0.4, 0.5) is 5.69 Å². The summed E-state index contributed by atoms with van der Waals surface area (Å²) in [6, 6.07) is 4.40. The fourth-order valence-corrected chi connectivity index (χ4v) is 3.07. The Labute approximate surface area is 117 Å². The maximum absolute atomic E-state index is 12.2. The van der Waals surface area contributed by atoms with Crippen LogP contribution in [-0.4, -0.2) is 39.0 Å². The van der Waals surface area contributed by atoms with E-state index in [-0.39, 0.29) is 24.2 Å². The van der Waals surface area contributed by atoms with E-state index in [1.54, 1.807) is 6.07 Å². The van der Waals surface area contributed by atoms with Crippen LogP contribution in [0.15, 0.2) is 18.2 Å². The van der Waals surface area contributed by atoms with Crippen LogP contribution in [0.25, 0.3) is 0 Å². The highest BCUT2D eigenvalue weighted by Crippen LogP contribution is 2.46. The van der Waals surface area contributed by atoms with Gasteiger partial charge in [-0.25, -0.2) is 0 Å². The third-order valence-corrected chi connectivity index (χ3v) is 4.23. The Morgan fingerprint density at radius 2 is 2.00 bits per heavy atom. The monoisotopic (exact) mass is 303 g/mol. The van der Waals surface area contributed by atoms with Gasteiger partial charge in [-0.05, 0) is 11.6 Å². The minimum Gasteiger partial charge on any atom is -0.490 e. The molecule has 1 atom stereocenters. The van der Waals surface area contributed by atoms with Crippen molar-refractivity contribution in [2.45, 2.75) is 6.16 Å². The van der Waals surface area contributed by atoms with E-state index in [4.69, 9.17) is 14.0 Å². The lowest BCUT2D eigenvalue weighted by molar-refractivity contribution is -0.385. The number of nitrogens with zero attached hydrogens (tertiary/aromatic N) is 1. The molecule has 1 rings (SSSR count). The van der Waals surface area contributed by atoms with Gasteiger partial charge in [-0.3, -0.25) is 14.7 Å². The normalized spacial score (nSPS) is 13.8. The molecule has 7 nitrogen and oxygen atoms in total. The Hall–Kier alpha value is -1.43. The standard InChI is InChI=1S/C12H18NO6P/c1-17-6-7-19-20(3,16)9-10-4-5-11(13(14)15)12(8-10)18-2/h4-5,8H,6-7,9H2,1-3H3. The van der Waals surface area contributed by atoms with Gasteiger partial charge < -0.3 is 14.0 Å². The number of rotatable bonds is 8.